The molecule has 0 saturated carbocycles. The molecule has 3 heterocycles. The minimum absolute atomic E-state index is 0.0550. The topological polar surface area (TPSA) is 63.2 Å². The molecule has 21 heavy (non-hydrogen) atoms. The summed E-state index contributed by atoms with van der Waals surface area (Å²) in [4.78, 5) is 11.2. The SMILES string of the molecule is CC(=O)SC[C@H]1O[C@@H]2OC(C)(C)O[C@@H]2[C@H]2OC(C)(C)O[C@H]21. The van der Waals surface area contributed by atoms with E-state index < -0.39 is 17.9 Å². The van der Waals surface area contributed by atoms with Crippen molar-refractivity contribution in [3.63, 3.8) is 0 Å². The molecule has 3 rings (SSSR count). The molecule has 0 bridgehead atoms. The van der Waals surface area contributed by atoms with Crippen molar-refractivity contribution >= 4 is 16.9 Å². The molecule has 0 aromatic rings. The fourth-order valence-electron chi connectivity index (χ4n) is 3.03. The van der Waals surface area contributed by atoms with Crippen molar-refractivity contribution in [2.24, 2.45) is 0 Å². The summed E-state index contributed by atoms with van der Waals surface area (Å²) < 4.78 is 29.6. The first-order valence-electron chi connectivity index (χ1n) is 7.17. The summed E-state index contributed by atoms with van der Waals surface area (Å²) in [5.74, 6) is -0.885. The molecular weight excluding hydrogens is 296 g/mol. The molecule has 3 saturated heterocycles. The second-order valence-corrected chi connectivity index (χ2v) is 7.71. The smallest absolute Gasteiger partial charge is 0.190 e. The third-order valence-electron chi connectivity index (χ3n) is 3.70. The summed E-state index contributed by atoms with van der Waals surface area (Å²) in [5.41, 5.74) is 0. The van der Waals surface area contributed by atoms with Gasteiger partial charge in [-0.25, -0.2) is 0 Å². The molecule has 0 N–H and O–H groups in total. The third kappa shape index (κ3) is 3.13. The highest BCUT2D eigenvalue weighted by molar-refractivity contribution is 8.13. The first-order chi connectivity index (χ1) is 9.67. The van der Waals surface area contributed by atoms with Crippen LogP contribution in [0.5, 0.6) is 0 Å². The molecule has 7 heteroatoms. The second kappa shape index (κ2) is 5.18. The Hall–Kier alpha value is -0.180. The van der Waals surface area contributed by atoms with Crippen LogP contribution in [-0.2, 0) is 28.5 Å². The lowest BCUT2D eigenvalue weighted by Crippen LogP contribution is -2.55. The van der Waals surface area contributed by atoms with Gasteiger partial charge in [-0.1, -0.05) is 11.8 Å². The van der Waals surface area contributed by atoms with Crippen molar-refractivity contribution in [1.82, 2.24) is 0 Å². The zero-order valence-corrected chi connectivity index (χ0v) is 13.8. The van der Waals surface area contributed by atoms with Gasteiger partial charge in [0.2, 0.25) is 0 Å². The molecule has 0 unspecified atom stereocenters. The maximum atomic E-state index is 11.2. The summed E-state index contributed by atoms with van der Waals surface area (Å²) >= 11 is 1.23. The van der Waals surface area contributed by atoms with Crippen LogP contribution in [0.4, 0.5) is 0 Å². The van der Waals surface area contributed by atoms with Gasteiger partial charge in [-0.05, 0) is 27.7 Å². The molecule has 0 radical (unpaired) electrons. The van der Waals surface area contributed by atoms with E-state index in [-0.39, 0.29) is 29.5 Å². The minimum Gasteiger partial charge on any atom is -0.343 e. The number of carbonyl (C=O) groups excluding carboxylic acids is 1. The molecule has 0 aliphatic carbocycles. The van der Waals surface area contributed by atoms with Crippen molar-refractivity contribution < 1.29 is 28.5 Å². The predicted molar refractivity (Wildman–Crippen MR) is 75.7 cm³/mol. The molecule has 3 aliphatic rings. The van der Waals surface area contributed by atoms with Crippen LogP contribution < -0.4 is 0 Å². The summed E-state index contributed by atoms with van der Waals surface area (Å²) in [6.07, 6.45) is -1.57. The van der Waals surface area contributed by atoms with Gasteiger partial charge in [0.05, 0.1) is 6.10 Å². The average Bonchev–Trinajstić information content (AvgIpc) is 2.80. The number of thioether (sulfide) groups is 1. The lowest BCUT2D eigenvalue weighted by Gasteiger charge is -2.37. The van der Waals surface area contributed by atoms with E-state index in [0.717, 1.165) is 0 Å². The number of hydrogen-bond donors (Lipinski definition) is 0. The Morgan fingerprint density at radius 3 is 2.19 bits per heavy atom. The van der Waals surface area contributed by atoms with E-state index in [2.05, 4.69) is 0 Å². The van der Waals surface area contributed by atoms with E-state index in [1.54, 1.807) is 6.92 Å². The molecule has 0 spiro atoms. The van der Waals surface area contributed by atoms with Crippen LogP contribution in [0.25, 0.3) is 0 Å². The van der Waals surface area contributed by atoms with Gasteiger partial charge in [0, 0.05) is 12.7 Å². The molecule has 3 aliphatic heterocycles. The van der Waals surface area contributed by atoms with E-state index in [9.17, 15) is 4.79 Å². The largest absolute Gasteiger partial charge is 0.343 e. The van der Waals surface area contributed by atoms with Gasteiger partial charge in [0.1, 0.15) is 18.3 Å². The van der Waals surface area contributed by atoms with Gasteiger partial charge >= 0.3 is 0 Å². The Labute approximate surface area is 128 Å². The van der Waals surface area contributed by atoms with Gasteiger partial charge in [-0.15, -0.1) is 0 Å². The zero-order chi connectivity index (χ0) is 15.4. The van der Waals surface area contributed by atoms with Crippen LogP contribution in [0.2, 0.25) is 0 Å². The van der Waals surface area contributed by atoms with Gasteiger partial charge in [0.15, 0.2) is 23.0 Å². The number of fused-ring (bicyclic) bond motifs is 3. The van der Waals surface area contributed by atoms with Crippen molar-refractivity contribution in [1.29, 1.82) is 0 Å². The van der Waals surface area contributed by atoms with Crippen LogP contribution in [0.1, 0.15) is 34.6 Å². The van der Waals surface area contributed by atoms with Crippen molar-refractivity contribution in [3.8, 4) is 0 Å². The maximum Gasteiger partial charge on any atom is 0.190 e. The van der Waals surface area contributed by atoms with Gasteiger partial charge < -0.3 is 23.7 Å². The Kier molecular flexibility index (Phi) is 3.87. The van der Waals surface area contributed by atoms with E-state index >= 15 is 0 Å². The van der Waals surface area contributed by atoms with Gasteiger partial charge in [0.25, 0.3) is 0 Å². The van der Waals surface area contributed by atoms with Gasteiger partial charge in [-0.3, -0.25) is 4.79 Å². The van der Waals surface area contributed by atoms with Crippen LogP contribution in [-0.4, -0.2) is 53.1 Å². The lowest BCUT2D eigenvalue weighted by atomic mass is 10.00. The van der Waals surface area contributed by atoms with E-state index in [0.29, 0.717) is 5.75 Å². The molecule has 6 nitrogen and oxygen atoms in total. The van der Waals surface area contributed by atoms with Crippen LogP contribution in [0, 0.1) is 0 Å². The summed E-state index contributed by atoms with van der Waals surface area (Å²) in [6, 6.07) is 0. The first kappa shape index (κ1) is 15.7. The average molecular weight is 318 g/mol. The number of ether oxygens (including phenoxy) is 5. The highest BCUT2D eigenvalue weighted by atomic mass is 32.2. The standard InChI is InChI=1S/C14H22O6S/c1-7(15)21-6-8-9-10(18-13(2,3)17-9)11-12(16-8)20-14(4,5)19-11/h8-12H,6H2,1-5H3/t8-,9+,10+,11-,12-/m1/s1. The Bertz CT molecular complexity index is 437. The fourth-order valence-corrected chi connectivity index (χ4v) is 3.69. The molecule has 120 valence electrons. The number of carbonyl (C=O) groups is 1. The molecule has 0 amide bonds. The monoisotopic (exact) mass is 318 g/mol. The highest BCUT2D eigenvalue weighted by Crippen LogP contribution is 2.44. The van der Waals surface area contributed by atoms with Crippen molar-refractivity contribution in [3.05, 3.63) is 0 Å². The van der Waals surface area contributed by atoms with Crippen molar-refractivity contribution in [2.45, 2.75) is 76.9 Å². The maximum absolute atomic E-state index is 11.2. The minimum atomic E-state index is -0.710. The summed E-state index contributed by atoms with van der Waals surface area (Å²) in [6.45, 7) is 8.99. The van der Waals surface area contributed by atoms with Crippen LogP contribution in [0.15, 0.2) is 0 Å². The first-order valence-corrected chi connectivity index (χ1v) is 8.15. The highest BCUT2D eigenvalue weighted by Gasteiger charge is 2.60. The summed E-state index contributed by atoms with van der Waals surface area (Å²) in [5, 5.41) is 0.0550. The van der Waals surface area contributed by atoms with Crippen LogP contribution >= 0.6 is 11.8 Å². The molecule has 3 fully saturated rings. The number of rotatable bonds is 2. The molecule has 0 aromatic heterocycles. The summed E-state index contributed by atoms with van der Waals surface area (Å²) in [7, 11) is 0. The normalized spacial score (nSPS) is 43.4. The van der Waals surface area contributed by atoms with Crippen molar-refractivity contribution in [2.75, 3.05) is 5.75 Å². The van der Waals surface area contributed by atoms with Gasteiger partial charge in [-0.2, -0.15) is 0 Å². The molecular formula is C14H22O6S. The third-order valence-corrected chi connectivity index (χ3v) is 4.60. The molecule has 5 atom stereocenters. The van der Waals surface area contributed by atoms with E-state index in [4.69, 9.17) is 23.7 Å². The molecule has 0 aromatic carbocycles. The quantitative estimate of drug-likeness (QED) is 0.767. The Morgan fingerprint density at radius 1 is 0.952 bits per heavy atom. The lowest BCUT2D eigenvalue weighted by molar-refractivity contribution is -0.228. The van der Waals surface area contributed by atoms with Crippen LogP contribution in [0.3, 0.4) is 0 Å². The second-order valence-electron chi connectivity index (χ2n) is 6.51. The fraction of sp³-hybridized carbons (Fsp3) is 0.929. The Morgan fingerprint density at radius 2 is 1.52 bits per heavy atom. The van der Waals surface area contributed by atoms with E-state index in [1.165, 1.54) is 11.8 Å². The number of hydrogen-bond acceptors (Lipinski definition) is 7. The van der Waals surface area contributed by atoms with E-state index in [1.807, 2.05) is 27.7 Å². The Balaban J connectivity index is 1.80. The zero-order valence-electron chi connectivity index (χ0n) is 13.0. The predicted octanol–water partition coefficient (Wildman–Crippen LogP) is 1.66.